The minimum absolute atomic E-state index is 0.225. The molecule has 0 fully saturated rings. The van der Waals surface area contributed by atoms with Gasteiger partial charge in [-0.05, 0) is 32.8 Å². The molecular weight excluding hydrogens is 152 g/mol. The molecule has 0 saturated carbocycles. The molecule has 0 amide bonds. The second-order valence-electron chi connectivity index (χ2n) is 3.05. The molecule has 3 heteroatoms. The maximum atomic E-state index is 9.04. The summed E-state index contributed by atoms with van der Waals surface area (Å²) < 4.78 is 1.90. The zero-order valence-electron chi connectivity index (χ0n) is 7.70. The molecule has 0 radical (unpaired) electrons. The number of aliphatic hydroxyl groups excluding tert-OH is 1. The monoisotopic (exact) mass is 168 g/mol. The molecule has 1 atom stereocenters. The molecule has 68 valence electrons. The number of aromatic nitrogens is 2. The first-order chi connectivity index (χ1) is 5.72. The molecule has 0 unspecified atom stereocenters. The van der Waals surface area contributed by atoms with Crippen molar-refractivity contribution in [3.63, 3.8) is 0 Å². The summed E-state index contributed by atoms with van der Waals surface area (Å²) >= 11 is 0. The third-order valence-electron chi connectivity index (χ3n) is 1.84. The maximum absolute atomic E-state index is 9.04. The van der Waals surface area contributed by atoms with Crippen LogP contribution in [0.2, 0.25) is 0 Å². The standard InChI is InChI=1S/C9H16N2O/c1-3-11-7-6-9(10-11)5-4-8(2)12/h6-8,12H,3-5H2,1-2H3/t8-/m0/s1. The Morgan fingerprint density at radius 1 is 1.67 bits per heavy atom. The van der Waals surface area contributed by atoms with Crippen LogP contribution in [-0.2, 0) is 13.0 Å². The number of aliphatic hydroxyl groups is 1. The smallest absolute Gasteiger partial charge is 0.0625 e. The predicted octanol–water partition coefficient (Wildman–Crippen LogP) is 1.22. The van der Waals surface area contributed by atoms with Crippen LogP contribution in [0.15, 0.2) is 12.3 Å². The Balaban J connectivity index is 2.41. The highest BCUT2D eigenvalue weighted by Crippen LogP contribution is 2.02. The fourth-order valence-electron chi connectivity index (χ4n) is 1.07. The van der Waals surface area contributed by atoms with E-state index >= 15 is 0 Å². The lowest BCUT2D eigenvalue weighted by molar-refractivity contribution is 0.184. The summed E-state index contributed by atoms with van der Waals surface area (Å²) in [6.45, 7) is 4.77. The number of aryl methyl sites for hydroxylation is 2. The molecule has 0 bridgehead atoms. The van der Waals surface area contributed by atoms with Crippen LogP contribution in [0, 0.1) is 0 Å². The van der Waals surface area contributed by atoms with Gasteiger partial charge < -0.3 is 5.11 Å². The van der Waals surface area contributed by atoms with Crippen molar-refractivity contribution >= 4 is 0 Å². The van der Waals surface area contributed by atoms with Crippen LogP contribution in [0.4, 0.5) is 0 Å². The Hall–Kier alpha value is -0.830. The van der Waals surface area contributed by atoms with Crippen molar-refractivity contribution in [2.75, 3.05) is 0 Å². The molecule has 0 saturated heterocycles. The average Bonchev–Trinajstić information content (AvgIpc) is 2.48. The van der Waals surface area contributed by atoms with Crippen LogP contribution in [0.5, 0.6) is 0 Å². The lowest BCUT2D eigenvalue weighted by Crippen LogP contribution is -2.02. The number of hydrogen-bond acceptors (Lipinski definition) is 2. The summed E-state index contributed by atoms with van der Waals surface area (Å²) in [5.74, 6) is 0. The van der Waals surface area contributed by atoms with E-state index in [1.807, 2.05) is 16.9 Å². The fourth-order valence-corrected chi connectivity index (χ4v) is 1.07. The Bertz CT molecular complexity index is 230. The van der Waals surface area contributed by atoms with Gasteiger partial charge >= 0.3 is 0 Å². The van der Waals surface area contributed by atoms with Gasteiger partial charge in [0.15, 0.2) is 0 Å². The summed E-state index contributed by atoms with van der Waals surface area (Å²) in [5, 5.41) is 13.3. The molecule has 0 spiro atoms. The van der Waals surface area contributed by atoms with E-state index < -0.39 is 0 Å². The molecule has 0 aliphatic carbocycles. The van der Waals surface area contributed by atoms with Crippen molar-refractivity contribution in [2.45, 2.75) is 39.3 Å². The summed E-state index contributed by atoms with van der Waals surface area (Å²) in [6, 6.07) is 2.01. The van der Waals surface area contributed by atoms with Crippen molar-refractivity contribution in [3.05, 3.63) is 18.0 Å². The SMILES string of the molecule is CCn1ccc(CC[C@H](C)O)n1. The highest BCUT2D eigenvalue weighted by Gasteiger charge is 2.00. The van der Waals surface area contributed by atoms with Crippen LogP contribution < -0.4 is 0 Å². The van der Waals surface area contributed by atoms with E-state index in [0.717, 1.165) is 25.1 Å². The fraction of sp³-hybridized carbons (Fsp3) is 0.667. The van der Waals surface area contributed by atoms with Crippen LogP contribution in [0.1, 0.15) is 26.0 Å². The van der Waals surface area contributed by atoms with Crippen LogP contribution >= 0.6 is 0 Å². The van der Waals surface area contributed by atoms with E-state index in [-0.39, 0.29) is 6.10 Å². The second kappa shape index (κ2) is 4.26. The van der Waals surface area contributed by atoms with Crippen LogP contribution in [-0.4, -0.2) is 21.0 Å². The van der Waals surface area contributed by atoms with Crippen molar-refractivity contribution < 1.29 is 5.11 Å². The van der Waals surface area contributed by atoms with E-state index in [2.05, 4.69) is 12.0 Å². The molecule has 1 aromatic heterocycles. The molecule has 0 aromatic carbocycles. The van der Waals surface area contributed by atoms with Gasteiger partial charge in [-0.25, -0.2) is 0 Å². The summed E-state index contributed by atoms with van der Waals surface area (Å²) in [7, 11) is 0. The van der Waals surface area contributed by atoms with E-state index in [4.69, 9.17) is 5.11 Å². The van der Waals surface area contributed by atoms with E-state index in [0.29, 0.717) is 0 Å². The molecular formula is C9H16N2O. The molecule has 0 aliphatic heterocycles. The van der Waals surface area contributed by atoms with Crippen molar-refractivity contribution in [1.82, 2.24) is 9.78 Å². The molecule has 12 heavy (non-hydrogen) atoms. The number of hydrogen-bond donors (Lipinski definition) is 1. The van der Waals surface area contributed by atoms with E-state index in [9.17, 15) is 0 Å². The van der Waals surface area contributed by atoms with Crippen molar-refractivity contribution in [3.8, 4) is 0 Å². The maximum Gasteiger partial charge on any atom is 0.0625 e. The molecule has 0 aliphatic rings. The lowest BCUT2D eigenvalue weighted by atomic mass is 10.2. The predicted molar refractivity (Wildman–Crippen MR) is 47.9 cm³/mol. The molecule has 3 nitrogen and oxygen atoms in total. The van der Waals surface area contributed by atoms with E-state index in [1.54, 1.807) is 6.92 Å². The lowest BCUT2D eigenvalue weighted by Gasteiger charge is -2.00. The number of rotatable bonds is 4. The third kappa shape index (κ3) is 2.66. The Morgan fingerprint density at radius 3 is 2.92 bits per heavy atom. The molecule has 1 N–H and O–H groups in total. The third-order valence-corrected chi connectivity index (χ3v) is 1.84. The average molecular weight is 168 g/mol. The zero-order chi connectivity index (χ0) is 8.97. The normalized spacial score (nSPS) is 13.2. The van der Waals surface area contributed by atoms with Gasteiger partial charge in [-0.15, -0.1) is 0 Å². The zero-order valence-corrected chi connectivity index (χ0v) is 7.70. The van der Waals surface area contributed by atoms with Gasteiger partial charge in [0.05, 0.1) is 11.8 Å². The van der Waals surface area contributed by atoms with E-state index in [1.165, 1.54) is 0 Å². The topological polar surface area (TPSA) is 38.0 Å². The van der Waals surface area contributed by atoms with Gasteiger partial charge in [-0.1, -0.05) is 0 Å². The van der Waals surface area contributed by atoms with Gasteiger partial charge in [-0.3, -0.25) is 4.68 Å². The first-order valence-corrected chi connectivity index (χ1v) is 4.42. The van der Waals surface area contributed by atoms with Gasteiger partial charge in [0.1, 0.15) is 0 Å². The quantitative estimate of drug-likeness (QED) is 0.734. The van der Waals surface area contributed by atoms with Gasteiger partial charge in [0.2, 0.25) is 0 Å². The summed E-state index contributed by atoms with van der Waals surface area (Å²) in [6.07, 6.45) is 3.40. The molecule has 1 heterocycles. The highest BCUT2D eigenvalue weighted by atomic mass is 16.3. The van der Waals surface area contributed by atoms with Gasteiger partial charge in [0.25, 0.3) is 0 Å². The van der Waals surface area contributed by atoms with Crippen LogP contribution in [0.3, 0.4) is 0 Å². The largest absolute Gasteiger partial charge is 0.393 e. The second-order valence-corrected chi connectivity index (χ2v) is 3.05. The van der Waals surface area contributed by atoms with Crippen LogP contribution in [0.25, 0.3) is 0 Å². The Morgan fingerprint density at radius 2 is 2.42 bits per heavy atom. The highest BCUT2D eigenvalue weighted by molar-refractivity contribution is 4.98. The summed E-state index contributed by atoms with van der Waals surface area (Å²) in [4.78, 5) is 0. The van der Waals surface area contributed by atoms with Crippen molar-refractivity contribution in [1.29, 1.82) is 0 Å². The Kier molecular flexibility index (Phi) is 3.29. The summed E-state index contributed by atoms with van der Waals surface area (Å²) in [5.41, 5.74) is 1.07. The minimum Gasteiger partial charge on any atom is -0.393 e. The van der Waals surface area contributed by atoms with Crippen molar-refractivity contribution in [2.24, 2.45) is 0 Å². The number of nitrogens with zero attached hydrogens (tertiary/aromatic N) is 2. The molecule has 1 rings (SSSR count). The van der Waals surface area contributed by atoms with Gasteiger partial charge in [0, 0.05) is 12.7 Å². The minimum atomic E-state index is -0.225. The first-order valence-electron chi connectivity index (χ1n) is 4.42. The first kappa shape index (κ1) is 9.26. The Labute approximate surface area is 73.0 Å². The van der Waals surface area contributed by atoms with Gasteiger partial charge in [-0.2, -0.15) is 5.10 Å². The molecule has 1 aromatic rings.